The molecule has 1 rings (SSSR count). The minimum atomic E-state index is 0.664. The fraction of sp³-hybridized carbons (Fsp3) is 1.00. The molecular weight excluding hydrogens is 268 g/mol. The van der Waals surface area contributed by atoms with Gasteiger partial charge in [0, 0.05) is 13.1 Å². The molecule has 132 valence electrons. The van der Waals surface area contributed by atoms with Crippen LogP contribution in [0.4, 0.5) is 0 Å². The third kappa shape index (κ3) is 9.15. The minimum Gasteiger partial charge on any atom is -0.290 e. The summed E-state index contributed by atoms with van der Waals surface area (Å²) in [6.07, 6.45) is 19.5. The van der Waals surface area contributed by atoms with Crippen LogP contribution in [0.5, 0.6) is 0 Å². The summed E-state index contributed by atoms with van der Waals surface area (Å²) in [5.41, 5.74) is 0. The average Bonchev–Trinajstić information content (AvgIpc) is 2.84. The highest BCUT2D eigenvalue weighted by atomic mass is 15.4. The van der Waals surface area contributed by atoms with Gasteiger partial charge in [-0.25, -0.2) is 0 Å². The van der Waals surface area contributed by atoms with Gasteiger partial charge in [-0.1, -0.05) is 84.0 Å². The summed E-state index contributed by atoms with van der Waals surface area (Å²) in [6.45, 7) is 8.47. The highest BCUT2D eigenvalue weighted by molar-refractivity contribution is 4.75. The first kappa shape index (κ1) is 20.0. The monoisotopic (exact) mass is 310 g/mol. The van der Waals surface area contributed by atoms with Crippen molar-refractivity contribution in [3.63, 3.8) is 0 Å². The van der Waals surface area contributed by atoms with E-state index in [0.29, 0.717) is 6.17 Å². The molecular formula is C20H42N2. The second kappa shape index (κ2) is 13.4. The van der Waals surface area contributed by atoms with E-state index in [4.69, 9.17) is 0 Å². The Morgan fingerprint density at radius 1 is 0.682 bits per heavy atom. The summed E-state index contributed by atoms with van der Waals surface area (Å²) in [6, 6.07) is 0. The molecule has 0 amide bonds. The quantitative estimate of drug-likeness (QED) is 0.381. The maximum absolute atomic E-state index is 2.64. The molecule has 0 aromatic carbocycles. The van der Waals surface area contributed by atoms with Crippen LogP contribution in [-0.2, 0) is 0 Å². The predicted molar refractivity (Wildman–Crippen MR) is 99.4 cm³/mol. The Labute approximate surface area is 140 Å². The van der Waals surface area contributed by atoms with Gasteiger partial charge in [0.2, 0.25) is 0 Å². The topological polar surface area (TPSA) is 6.48 Å². The van der Waals surface area contributed by atoms with Crippen LogP contribution in [0.2, 0.25) is 0 Å². The molecule has 0 radical (unpaired) electrons. The molecule has 22 heavy (non-hydrogen) atoms. The first-order valence-electron chi connectivity index (χ1n) is 10.2. The summed E-state index contributed by atoms with van der Waals surface area (Å²) in [4.78, 5) is 5.10. The van der Waals surface area contributed by atoms with Gasteiger partial charge < -0.3 is 0 Å². The van der Waals surface area contributed by atoms with Crippen LogP contribution in [-0.4, -0.2) is 42.6 Å². The molecule has 2 heteroatoms. The fourth-order valence-electron chi connectivity index (χ4n) is 3.57. The Morgan fingerprint density at radius 3 is 1.55 bits per heavy atom. The molecule has 1 saturated heterocycles. The SMILES string of the molecule is CCCCCCCCCCCCCCCN1CCN(C)C1C. The molecule has 1 heterocycles. The Kier molecular flexibility index (Phi) is 12.1. The van der Waals surface area contributed by atoms with Crippen LogP contribution >= 0.6 is 0 Å². The Bertz CT molecular complexity index is 242. The lowest BCUT2D eigenvalue weighted by molar-refractivity contribution is 0.174. The number of rotatable bonds is 14. The highest BCUT2D eigenvalue weighted by Gasteiger charge is 2.23. The predicted octanol–water partition coefficient (Wildman–Crippen LogP) is 5.67. The van der Waals surface area contributed by atoms with Crippen molar-refractivity contribution in [2.45, 2.75) is 103 Å². The van der Waals surface area contributed by atoms with Crippen molar-refractivity contribution in [2.24, 2.45) is 0 Å². The number of hydrogen-bond acceptors (Lipinski definition) is 2. The van der Waals surface area contributed by atoms with Crippen molar-refractivity contribution in [1.29, 1.82) is 0 Å². The standard InChI is InChI=1S/C20H42N2/c1-4-5-6-7-8-9-10-11-12-13-14-15-16-17-22-19-18-21(3)20(22)2/h20H,4-19H2,1-3H3. The second-order valence-corrected chi connectivity index (χ2v) is 7.39. The molecule has 0 aromatic rings. The number of hydrogen-bond donors (Lipinski definition) is 0. The van der Waals surface area contributed by atoms with E-state index in [-0.39, 0.29) is 0 Å². The fourth-order valence-corrected chi connectivity index (χ4v) is 3.57. The van der Waals surface area contributed by atoms with Crippen molar-refractivity contribution in [2.75, 3.05) is 26.7 Å². The van der Waals surface area contributed by atoms with E-state index >= 15 is 0 Å². The summed E-state index contributed by atoms with van der Waals surface area (Å²) in [7, 11) is 2.24. The maximum Gasteiger partial charge on any atom is 0.0591 e. The molecule has 0 saturated carbocycles. The summed E-state index contributed by atoms with van der Waals surface area (Å²) in [5.74, 6) is 0. The van der Waals surface area contributed by atoms with Gasteiger partial charge in [-0.3, -0.25) is 9.80 Å². The Morgan fingerprint density at radius 2 is 1.14 bits per heavy atom. The Hall–Kier alpha value is -0.0800. The van der Waals surface area contributed by atoms with Gasteiger partial charge in [-0.05, 0) is 26.9 Å². The molecule has 0 N–H and O–H groups in total. The van der Waals surface area contributed by atoms with Gasteiger partial charge in [-0.2, -0.15) is 0 Å². The summed E-state index contributed by atoms with van der Waals surface area (Å²) < 4.78 is 0. The molecule has 1 fully saturated rings. The summed E-state index contributed by atoms with van der Waals surface area (Å²) in [5, 5.41) is 0. The van der Waals surface area contributed by atoms with Crippen LogP contribution in [0, 0.1) is 0 Å². The van der Waals surface area contributed by atoms with Crippen molar-refractivity contribution >= 4 is 0 Å². The molecule has 1 aliphatic rings. The molecule has 0 aromatic heterocycles. The number of nitrogens with zero attached hydrogens (tertiary/aromatic N) is 2. The van der Waals surface area contributed by atoms with Crippen molar-refractivity contribution in [1.82, 2.24) is 9.80 Å². The van der Waals surface area contributed by atoms with Crippen LogP contribution in [0.25, 0.3) is 0 Å². The van der Waals surface area contributed by atoms with E-state index in [1.807, 2.05) is 0 Å². The highest BCUT2D eigenvalue weighted by Crippen LogP contribution is 2.15. The molecule has 1 aliphatic heterocycles. The lowest BCUT2D eigenvalue weighted by atomic mass is 10.0. The number of unbranched alkanes of at least 4 members (excludes halogenated alkanes) is 12. The van der Waals surface area contributed by atoms with E-state index in [1.54, 1.807) is 0 Å². The normalized spacial score (nSPS) is 20.0. The minimum absolute atomic E-state index is 0.664. The van der Waals surface area contributed by atoms with Crippen molar-refractivity contribution in [3.8, 4) is 0 Å². The average molecular weight is 311 g/mol. The zero-order valence-electron chi connectivity index (χ0n) is 15.8. The van der Waals surface area contributed by atoms with E-state index in [0.717, 1.165) is 0 Å². The Balaban J connectivity index is 1.75. The van der Waals surface area contributed by atoms with E-state index in [9.17, 15) is 0 Å². The van der Waals surface area contributed by atoms with Crippen LogP contribution in [0.15, 0.2) is 0 Å². The first-order chi connectivity index (χ1) is 10.8. The lowest BCUT2D eigenvalue weighted by Crippen LogP contribution is -2.34. The molecule has 0 bridgehead atoms. The van der Waals surface area contributed by atoms with Gasteiger partial charge >= 0.3 is 0 Å². The maximum atomic E-state index is 2.64. The van der Waals surface area contributed by atoms with E-state index in [2.05, 4.69) is 30.7 Å². The van der Waals surface area contributed by atoms with Crippen molar-refractivity contribution in [3.05, 3.63) is 0 Å². The van der Waals surface area contributed by atoms with E-state index < -0.39 is 0 Å². The van der Waals surface area contributed by atoms with Gasteiger partial charge in [0.1, 0.15) is 0 Å². The number of likely N-dealkylation sites (N-methyl/N-ethyl adjacent to an activating group) is 1. The van der Waals surface area contributed by atoms with Gasteiger partial charge in [0.15, 0.2) is 0 Å². The van der Waals surface area contributed by atoms with Gasteiger partial charge in [0.05, 0.1) is 6.17 Å². The molecule has 1 unspecified atom stereocenters. The molecule has 2 nitrogen and oxygen atoms in total. The third-order valence-electron chi connectivity index (χ3n) is 5.46. The largest absolute Gasteiger partial charge is 0.290 e. The lowest BCUT2D eigenvalue weighted by Gasteiger charge is -2.23. The van der Waals surface area contributed by atoms with Crippen LogP contribution < -0.4 is 0 Å². The zero-order chi connectivity index (χ0) is 16.0. The second-order valence-electron chi connectivity index (χ2n) is 7.39. The molecule has 0 aliphatic carbocycles. The smallest absolute Gasteiger partial charge is 0.0591 e. The molecule has 0 spiro atoms. The van der Waals surface area contributed by atoms with Gasteiger partial charge in [-0.15, -0.1) is 0 Å². The zero-order valence-corrected chi connectivity index (χ0v) is 15.8. The third-order valence-corrected chi connectivity index (χ3v) is 5.46. The van der Waals surface area contributed by atoms with Crippen LogP contribution in [0.3, 0.4) is 0 Å². The van der Waals surface area contributed by atoms with Crippen molar-refractivity contribution < 1.29 is 0 Å². The van der Waals surface area contributed by atoms with Crippen LogP contribution in [0.1, 0.15) is 97.3 Å². The van der Waals surface area contributed by atoms with Gasteiger partial charge in [0.25, 0.3) is 0 Å². The van der Waals surface area contributed by atoms with E-state index in [1.165, 1.54) is 103 Å². The first-order valence-corrected chi connectivity index (χ1v) is 10.2. The molecule has 1 atom stereocenters. The summed E-state index contributed by atoms with van der Waals surface area (Å²) >= 11 is 0.